The first kappa shape index (κ1) is 6.51. The Balaban J connectivity index is 3.14. The van der Waals surface area contributed by atoms with Crippen molar-refractivity contribution in [3.63, 3.8) is 0 Å². The van der Waals surface area contributed by atoms with Crippen LogP contribution < -0.4 is 0 Å². The van der Waals surface area contributed by atoms with E-state index in [4.69, 9.17) is 11.6 Å². The zero-order valence-corrected chi connectivity index (χ0v) is 5.59. The summed E-state index contributed by atoms with van der Waals surface area (Å²) < 4.78 is 0.845. The van der Waals surface area contributed by atoms with Crippen LogP contribution in [-0.4, -0.2) is 5.88 Å². The average molecular weight is 168 g/mol. The van der Waals surface area contributed by atoms with Crippen LogP contribution in [0.5, 0.6) is 0 Å². The lowest BCUT2D eigenvalue weighted by Crippen LogP contribution is -1.59. The van der Waals surface area contributed by atoms with E-state index in [2.05, 4.69) is 22.9 Å². The van der Waals surface area contributed by atoms with Crippen LogP contribution in [0, 0.1) is 6.92 Å². The van der Waals surface area contributed by atoms with Crippen molar-refractivity contribution in [3.05, 3.63) is 17.5 Å². The largest absolute Gasteiger partial charge is 0.122 e. The summed E-state index contributed by atoms with van der Waals surface area (Å²) in [5.41, 5.74) is 0. The first-order chi connectivity index (χ1) is 2.77. The van der Waals surface area contributed by atoms with Gasteiger partial charge in [-0.25, -0.2) is 0 Å². The molecule has 0 aromatic rings. The Labute approximate surface area is 51.3 Å². The Morgan fingerprint density at radius 1 is 2.00 bits per heavy atom. The van der Waals surface area contributed by atoms with Gasteiger partial charge in [0.1, 0.15) is 0 Å². The highest BCUT2D eigenvalue weighted by molar-refractivity contribution is 9.11. The molecule has 35 valence electrons. The van der Waals surface area contributed by atoms with Crippen molar-refractivity contribution < 1.29 is 0 Å². The second-order valence-corrected chi connectivity index (χ2v) is 2.13. The van der Waals surface area contributed by atoms with Crippen LogP contribution >= 0.6 is 27.5 Å². The second kappa shape index (κ2) is 3.69. The molecule has 0 heterocycles. The number of alkyl halides is 1. The van der Waals surface area contributed by atoms with Crippen molar-refractivity contribution in [3.8, 4) is 0 Å². The Bertz CT molecular complexity index is 54.6. The molecule has 6 heavy (non-hydrogen) atoms. The van der Waals surface area contributed by atoms with Crippen LogP contribution in [0.3, 0.4) is 0 Å². The van der Waals surface area contributed by atoms with Crippen molar-refractivity contribution in [2.45, 2.75) is 0 Å². The zero-order chi connectivity index (χ0) is 4.99. The van der Waals surface area contributed by atoms with Crippen LogP contribution in [0.25, 0.3) is 0 Å². The maximum atomic E-state index is 5.25. The Hall–Kier alpha value is 0.510. The van der Waals surface area contributed by atoms with E-state index in [1.807, 2.05) is 0 Å². The summed E-state index contributed by atoms with van der Waals surface area (Å²) >= 11 is 8.35. The minimum absolute atomic E-state index is 0.532. The Morgan fingerprint density at radius 2 is 2.50 bits per heavy atom. The molecule has 0 aliphatic heterocycles. The lowest BCUT2D eigenvalue weighted by atomic mass is 10.6. The first-order valence-electron chi connectivity index (χ1n) is 1.51. The van der Waals surface area contributed by atoms with Crippen molar-refractivity contribution >= 4 is 27.5 Å². The molecule has 1 radical (unpaired) electrons. The highest BCUT2D eigenvalue weighted by atomic mass is 79.9. The van der Waals surface area contributed by atoms with Gasteiger partial charge < -0.3 is 0 Å². The van der Waals surface area contributed by atoms with E-state index in [-0.39, 0.29) is 0 Å². The maximum Gasteiger partial charge on any atom is 0.0414 e. The van der Waals surface area contributed by atoms with Crippen molar-refractivity contribution in [1.29, 1.82) is 0 Å². The predicted molar refractivity (Wildman–Crippen MR) is 33.1 cm³/mol. The molecule has 0 saturated heterocycles. The standard InChI is InChI=1S/C4H5BrCl/c1-4(5)2-3-6/h2H,1,3H2. The molecule has 0 atom stereocenters. The van der Waals surface area contributed by atoms with E-state index < -0.39 is 0 Å². The summed E-state index contributed by atoms with van der Waals surface area (Å²) in [6.07, 6.45) is 1.78. The molecule has 0 spiro atoms. The summed E-state index contributed by atoms with van der Waals surface area (Å²) in [5, 5.41) is 0. The van der Waals surface area contributed by atoms with Crippen LogP contribution in [0.2, 0.25) is 0 Å². The molecule has 0 unspecified atom stereocenters. The fraction of sp³-hybridized carbons (Fsp3) is 0.250. The fourth-order valence-corrected chi connectivity index (χ4v) is 0.618. The molecule has 0 N–H and O–H groups in total. The van der Waals surface area contributed by atoms with E-state index in [0.717, 1.165) is 4.48 Å². The van der Waals surface area contributed by atoms with Gasteiger partial charge in [0.15, 0.2) is 0 Å². The quantitative estimate of drug-likeness (QED) is 0.527. The number of hydrogen-bond donors (Lipinski definition) is 0. The van der Waals surface area contributed by atoms with E-state index >= 15 is 0 Å². The minimum atomic E-state index is 0.532. The molecule has 0 fully saturated rings. The molecule has 0 nitrogen and oxygen atoms in total. The van der Waals surface area contributed by atoms with Gasteiger partial charge >= 0.3 is 0 Å². The van der Waals surface area contributed by atoms with Gasteiger partial charge in [-0.15, -0.1) is 11.6 Å². The van der Waals surface area contributed by atoms with Gasteiger partial charge in [0.2, 0.25) is 0 Å². The van der Waals surface area contributed by atoms with Crippen molar-refractivity contribution in [1.82, 2.24) is 0 Å². The molecule has 0 aromatic carbocycles. The third kappa shape index (κ3) is 4.51. The highest BCUT2D eigenvalue weighted by Crippen LogP contribution is 1.99. The molecule has 0 saturated carbocycles. The van der Waals surface area contributed by atoms with Gasteiger partial charge in [-0.3, -0.25) is 0 Å². The van der Waals surface area contributed by atoms with Gasteiger partial charge in [0.25, 0.3) is 0 Å². The predicted octanol–water partition coefficient (Wildman–Crippen LogP) is 2.34. The Morgan fingerprint density at radius 3 is 2.50 bits per heavy atom. The summed E-state index contributed by atoms with van der Waals surface area (Å²) in [7, 11) is 0. The average Bonchev–Trinajstić information content (AvgIpc) is 1.35. The maximum absolute atomic E-state index is 5.25. The van der Waals surface area contributed by atoms with Crippen molar-refractivity contribution in [2.75, 3.05) is 5.88 Å². The highest BCUT2D eigenvalue weighted by Gasteiger charge is 1.71. The van der Waals surface area contributed by atoms with Gasteiger partial charge in [-0.2, -0.15) is 0 Å². The van der Waals surface area contributed by atoms with E-state index in [9.17, 15) is 0 Å². The molecule has 0 bridgehead atoms. The Kier molecular flexibility index (Phi) is 4.01. The number of hydrogen-bond acceptors (Lipinski definition) is 0. The molecule has 0 rings (SSSR count). The van der Waals surface area contributed by atoms with Crippen LogP contribution in [0.15, 0.2) is 10.6 Å². The lowest BCUT2D eigenvalue weighted by Gasteiger charge is -1.76. The monoisotopic (exact) mass is 167 g/mol. The third-order valence-electron chi connectivity index (χ3n) is 0.299. The molecule has 0 amide bonds. The second-order valence-electron chi connectivity index (χ2n) is 0.805. The molecule has 0 aliphatic rings. The summed E-state index contributed by atoms with van der Waals surface area (Å²) in [5.74, 6) is 0.532. The first-order valence-corrected chi connectivity index (χ1v) is 2.83. The minimum Gasteiger partial charge on any atom is -0.122 e. The normalized spacial score (nSPS) is 12.2. The topological polar surface area (TPSA) is 0 Å². The fourth-order valence-electron chi connectivity index (χ4n) is 0.0837. The van der Waals surface area contributed by atoms with Crippen LogP contribution in [0.4, 0.5) is 0 Å². The summed E-state index contributed by atoms with van der Waals surface area (Å²) in [4.78, 5) is 0. The van der Waals surface area contributed by atoms with E-state index in [1.54, 1.807) is 6.08 Å². The molecular formula is C4H5BrCl. The third-order valence-corrected chi connectivity index (χ3v) is 0.777. The van der Waals surface area contributed by atoms with Gasteiger partial charge in [0.05, 0.1) is 0 Å². The van der Waals surface area contributed by atoms with Crippen LogP contribution in [-0.2, 0) is 0 Å². The lowest BCUT2D eigenvalue weighted by molar-refractivity contribution is 1.73. The van der Waals surface area contributed by atoms with Gasteiger partial charge in [-0.05, 0) is 11.4 Å². The number of halogens is 2. The molecule has 0 aliphatic carbocycles. The summed E-state index contributed by atoms with van der Waals surface area (Å²) in [6, 6.07) is 0. The smallest absolute Gasteiger partial charge is 0.0414 e. The molecule has 2 heteroatoms. The zero-order valence-electron chi connectivity index (χ0n) is 3.25. The molecule has 0 aromatic heterocycles. The SMILES string of the molecule is [CH2]C(Br)=CCCl. The van der Waals surface area contributed by atoms with Crippen molar-refractivity contribution in [2.24, 2.45) is 0 Å². The number of rotatable bonds is 1. The van der Waals surface area contributed by atoms with Gasteiger partial charge in [-0.1, -0.05) is 22.0 Å². The number of allylic oxidation sites excluding steroid dienone is 2. The van der Waals surface area contributed by atoms with E-state index in [0.29, 0.717) is 5.88 Å². The van der Waals surface area contributed by atoms with Gasteiger partial charge in [0, 0.05) is 5.88 Å². The van der Waals surface area contributed by atoms with E-state index in [1.165, 1.54) is 0 Å². The van der Waals surface area contributed by atoms with Crippen LogP contribution in [0.1, 0.15) is 0 Å². The summed E-state index contributed by atoms with van der Waals surface area (Å²) in [6.45, 7) is 3.52. The molecular weight excluding hydrogens is 163 g/mol.